The maximum absolute atomic E-state index is 4.61. The van der Waals surface area contributed by atoms with Crippen LogP contribution >= 0.6 is 0 Å². The van der Waals surface area contributed by atoms with Crippen molar-refractivity contribution in [1.82, 2.24) is 15.1 Å². The number of aromatic nitrogens is 2. The fourth-order valence-corrected chi connectivity index (χ4v) is 3.14. The fourth-order valence-electron chi connectivity index (χ4n) is 3.14. The number of hydrogen-bond acceptors (Lipinski definition) is 6. The summed E-state index contributed by atoms with van der Waals surface area (Å²) in [5, 5.41) is 11.2. The van der Waals surface area contributed by atoms with Gasteiger partial charge in [-0.15, -0.1) is 0 Å². The van der Waals surface area contributed by atoms with Gasteiger partial charge in [0.25, 0.3) is 0 Å². The number of aromatic amines is 1. The molecule has 1 aliphatic heterocycles. The van der Waals surface area contributed by atoms with Crippen molar-refractivity contribution in [3.05, 3.63) is 82.6 Å². The Morgan fingerprint density at radius 3 is 2.33 bits per heavy atom. The number of aliphatic imine (C=N–C) groups is 2. The number of rotatable bonds is 7. The van der Waals surface area contributed by atoms with Gasteiger partial charge in [0.1, 0.15) is 0 Å². The Morgan fingerprint density at radius 2 is 1.72 bits per heavy atom. The Kier molecular flexibility index (Phi) is 15.8. The first-order valence-electron chi connectivity index (χ1n) is 12.8. The van der Waals surface area contributed by atoms with Crippen LogP contribution in [0.25, 0.3) is 5.70 Å². The molecule has 3 aromatic rings. The smallest absolute Gasteiger partial charge is 0.153 e. The van der Waals surface area contributed by atoms with Crippen LogP contribution in [-0.2, 0) is 6.42 Å². The van der Waals surface area contributed by atoms with Crippen LogP contribution in [0.4, 0.5) is 5.69 Å². The quantitative estimate of drug-likeness (QED) is 0.477. The summed E-state index contributed by atoms with van der Waals surface area (Å²) in [5.41, 5.74) is 5.00. The van der Waals surface area contributed by atoms with Crippen molar-refractivity contribution in [3.8, 4) is 0 Å². The molecule has 4 rings (SSSR count). The third-order valence-electron chi connectivity index (χ3n) is 5.04. The summed E-state index contributed by atoms with van der Waals surface area (Å²) in [6.45, 7) is 12.4. The maximum atomic E-state index is 4.61. The molecule has 0 saturated carbocycles. The summed E-state index contributed by atoms with van der Waals surface area (Å²) < 4.78 is 0. The molecule has 0 radical (unpaired) electrons. The lowest BCUT2D eigenvalue weighted by atomic mass is 10.0. The highest BCUT2D eigenvalue weighted by atomic mass is 15.2. The molecule has 1 aliphatic rings. The number of H-pyrrole nitrogens is 1. The fraction of sp³-hybridized carbons (Fsp3) is 0.379. The molecule has 0 atom stereocenters. The van der Waals surface area contributed by atoms with Crippen LogP contribution in [-0.4, -0.2) is 61.4 Å². The van der Waals surface area contributed by atoms with Crippen molar-refractivity contribution in [1.29, 1.82) is 0 Å². The van der Waals surface area contributed by atoms with Crippen LogP contribution in [0.3, 0.4) is 0 Å². The van der Waals surface area contributed by atoms with E-state index in [9.17, 15) is 0 Å². The average molecular weight is 490 g/mol. The lowest BCUT2D eigenvalue weighted by molar-refractivity contribution is 0.366. The summed E-state index contributed by atoms with van der Waals surface area (Å²) >= 11 is 0. The standard InChI is InChI=1S/C19H25N7.C6H6.2C2H6/c1-4-26(3)13-21-8-7-14-11-15(5-6-17(14)20-2)18-16-12-24-25-19(16)23-10-9-22-18;1-2-4-6-5-3-1;2*1-2/h5-6,8-9,11-12,20H,4,7,10,13H2,1-3H3,(H,23,25);1-6H;2*1-2H3/b21-8-;;;. The van der Waals surface area contributed by atoms with Crippen LogP contribution in [0.2, 0.25) is 0 Å². The Morgan fingerprint density at radius 1 is 1.06 bits per heavy atom. The van der Waals surface area contributed by atoms with Crippen molar-refractivity contribution in [2.24, 2.45) is 15.0 Å². The van der Waals surface area contributed by atoms with E-state index in [1.54, 1.807) is 6.20 Å². The second kappa shape index (κ2) is 18.7. The molecule has 194 valence electrons. The molecule has 2 heterocycles. The van der Waals surface area contributed by atoms with E-state index in [0.717, 1.165) is 40.6 Å². The highest BCUT2D eigenvalue weighted by Crippen LogP contribution is 2.22. The predicted octanol–water partition coefficient (Wildman–Crippen LogP) is 4.57. The van der Waals surface area contributed by atoms with Gasteiger partial charge in [0, 0.05) is 37.1 Å². The topological polar surface area (TPSA) is 81.0 Å². The van der Waals surface area contributed by atoms with Crippen LogP contribution in [0.5, 0.6) is 0 Å². The van der Waals surface area contributed by atoms with Crippen molar-refractivity contribution in [2.45, 2.75) is 41.0 Å². The van der Waals surface area contributed by atoms with E-state index >= 15 is 0 Å². The summed E-state index contributed by atoms with van der Waals surface area (Å²) in [7, 11) is 4.00. The van der Waals surface area contributed by atoms with Gasteiger partial charge in [0.05, 0.1) is 30.3 Å². The van der Waals surface area contributed by atoms with Crippen LogP contribution in [0, 0.1) is 0 Å². The summed E-state index contributed by atoms with van der Waals surface area (Å²) in [5.74, 6) is 0. The molecule has 1 aromatic heterocycles. The summed E-state index contributed by atoms with van der Waals surface area (Å²) in [4.78, 5) is 15.7. The zero-order chi connectivity index (χ0) is 26.6. The lowest BCUT2D eigenvalue weighted by Gasteiger charge is -2.11. The van der Waals surface area contributed by atoms with Gasteiger partial charge in [0.15, 0.2) is 5.49 Å². The highest BCUT2D eigenvalue weighted by Gasteiger charge is 2.09. The molecular formula is C29H43N7. The summed E-state index contributed by atoms with van der Waals surface area (Å²) in [6.07, 6.45) is 6.36. The van der Waals surface area contributed by atoms with E-state index < -0.39 is 0 Å². The SMILES string of the molecule is CC.CC.CCN(C)C/N=C\Cc1cc(C2=c3cn[nH]c3=NCC=N2)ccc1NC.c1ccccc1. The Labute approximate surface area is 216 Å². The van der Waals surface area contributed by atoms with E-state index in [-0.39, 0.29) is 0 Å². The average Bonchev–Trinajstić information content (AvgIpc) is 3.33. The zero-order valence-corrected chi connectivity index (χ0v) is 23.0. The molecule has 0 fully saturated rings. The van der Waals surface area contributed by atoms with E-state index in [4.69, 9.17) is 0 Å². The van der Waals surface area contributed by atoms with Crippen molar-refractivity contribution in [2.75, 3.05) is 39.2 Å². The number of nitrogens with one attached hydrogen (secondary N) is 2. The normalized spacial score (nSPS) is 11.6. The molecule has 0 unspecified atom stereocenters. The monoisotopic (exact) mass is 489 g/mol. The van der Waals surface area contributed by atoms with Crippen LogP contribution in [0.1, 0.15) is 45.7 Å². The van der Waals surface area contributed by atoms with Crippen molar-refractivity contribution in [3.63, 3.8) is 0 Å². The van der Waals surface area contributed by atoms with Gasteiger partial charge in [-0.2, -0.15) is 5.10 Å². The molecule has 0 aliphatic carbocycles. The third-order valence-corrected chi connectivity index (χ3v) is 5.04. The minimum Gasteiger partial charge on any atom is -0.388 e. The molecule has 36 heavy (non-hydrogen) atoms. The molecule has 2 N–H and O–H groups in total. The first-order chi connectivity index (χ1) is 17.7. The minimum atomic E-state index is 0.553. The van der Waals surface area contributed by atoms with E-state index in [2.05, 4.69) is 67.6 Å². The van der Waals surface area contributed by atoms with E-state index in [1.165, 1.54) is 5.56 Å². The molecule has 2 aromatic carbocycles. The Bertz CT molecular complexity index is 1120. The van der Waals surface area contributed by atoms with Gasteiger partial charge in [-0.3, -0.25) is 25.0 Å². The van der Waals surface area contributed by atoms with Crippen molar-refractivity contribution >= 4 is 23.8 Å². The molecule has 7 nitrogen and oxygen atoms in total. The zero-order valence-electron chi connectivity index (χ0n) is 23.0. The van der Waals surface area contributed by atoms with E-state index in [1.807, 2.05) is 83.6 Å². The van der Waals surface area contributed by atoms with Gasteiger partial charge < -0.3 is 5.32 Å². The number of anilines is 1. The molecule has 0 bridgehead atoms. The second-order valence-electron chi connectivity index (χ2n) is 7.29. The number of nitrogens with zero attached hydrogens (tertiary/aromatic N) is 5. The van der Waals surface area contributed by atoms with Crippen LogP contribution in [0.15, 0.2) is 75.8 Å². The first-order valence-corrected chi connectivity index (χ1v) is 12.8. The maximum Gasteiger partial charge on any atom is 0.153 e. The second-order valence-corrected chi connectivity index (χ2v) is 7.29. The number of benzene rings is 2. The number of hydrogen-bond donors (Lipinski definition) is 2. The van der Waals surface area contributed by atoms with Crippen molar-refractivity contribution < 1.29 is 0 Å². The first kappa shape index (κ1) is 30.5. The Hall–Kier alpha value is -3.58. The van der Waals surface area contributed by atoms with Gasteiger partial charge in [0.2, 0.25) is 0 Å². The van der Waals surface area contributed by atoms with Gasteiger partial charge in [-0.1, -0.05) is 77.1 Å². The third kappa shape index (κ3) is 9.96. The minimum absolute atomic E-state index is 0.553. The van der Waals surface area contributed by atoms with E-state index in [0.29, 0.717) is 13.2 Å². The summed E-state index contributed by atoms with van der Waals surface area (Å²) in [6, 6.07) is 18.3. The lowest BCUT2D eigenvalue weighted by Crippen LogP contribution is -2.24. The Balaban J connectivity index is 0.000000551. The molecule has 7 heteroatoms. The molecular weight excluding hydrogens is 446 g/mol. The molecule has 0 spiro atoms. The van der Waals surface area contributed by atoms with Gasteiger partial charge in [-0.25, -0.2) is 0 Å². The number of fused-ring (bicyclic) bond motifs is 1. The predicted molar refractivity (Wildman–Crippen MR) is 156 cm³/mol. The largest absolute Gasteiger partial charge is 0.388 e. The molecule has 0 saturated heterocycles. The van der Waals surface area contributed by atoms with Crippen LogP contribution < -0.4 is 16.0 Å². The van der Waals surface area contributed by atoms with Gasteiger partial charge >= 0.3 is 0 Å². The van der Waals surface area contributed by atoms with Gasteiger partial charge in [-0.05, 0) is 31.3 Å². The highest BCUT2D eigenvalue weighted by molar-refractivity contribution is 5.77. The molecule has 0 amide bonds.